The molecule has 1 amide bonds. The van der Waals surface area contributed by atoms with Crippen molar-refractivity contribution < 1.29 is 9.18 Å². The smallest absolute Gasteiger partial charge is 0.224 e. The van der Waals surface area contributed by atoms with Crippen LogP contribution in [0.15, 0.2) is 36.4 Å². The maximum absolute atomic E-state index is 14.0. The molecule has 3 N–H and O–H groups in total. The first-order valence-electron chi connectivity index (χ1n) is 6.68. The van der Waals surface area contributed by atoms with Crippen LogP contribution in [-0.2, 0) is 11.2 Å². The molecule has 0 fully saturated rings. The van der Waals surface area contributed by atoms with Gasteiger partial charge in [0.25, 0.3) is 0 Å². The molecule has 0 spiro atoms. The first-order chi connectivity index (χ1) is 10.0. The van der Waals surface area contributed by atoms with Crippen LogP contribution in [0.4, 0.5) is 10.1 Å². The standard InChI is InChI=1S/C16H14ClFN2O/c17-11-3-4-12(13(18)8-11)16(19)10-1-5-14-9(7-10)2-6-15(21)20-14/h1,3-5,7-8,16H,2,6,19H2,(H,20,21). The third-order valence-corrected chi connectivity index (χ3v) is 3.92. The van der Waals surface area contributed by atoms with Gasteiger partial charge >= 0.3 is 0 Å². The molecular weight excluding hydrogens is 291 g/mol. The van der Waals surface area contributed by atoms with E-state index in [2.05, 4.69) is 5.32 Å². The number of fused-ring (bicyclic) bond motifs is 1. The zero-order valence-corrected chi connectivity index (χ0v) is 12.0. The van der Waals surface area contributed by atoms with Crippen LogP contribution in [-0.4, -0.2) is 5.91 Å². The number of carbonyl (C=O) groups excluding carboxylic acids is 1. The van der Waals surface area contributed by atoms with Crippen LogP contribution in [0.3, 0.4) is 0 Å². The van der Waals surface area contributed by atoms with Crippen molar-refractivity contribution in [2.24, 2.45) is 5.73 Å². The Kier molecular flexibility index (Phi) is 3.66. The molecule has 0 saturated carbocycles. The van der Waals surface area contributed by atoms with Gasteiger partial charge in [-0.15, -0.1) is 0 Å². The number of benzene rings is 2. The molecule has 0 aromatic heterocycles. The summed E-state index contributed by atoms with van der Waals surface area (Å²) < 4.78 is 14.0. The average molecular weight is 305 g/mol. The van der Waals surface area contributed by atoms with E-state index in [1.165, 1.54) is 6.07 Å². The summed E-state index contributed by atoms with van der Waals surface area (Å²) in [4.78, 5) is 11.3. The third kappa shape index (κ3) is 2.77. The summed E-state index contributed by atoms with van der Waals surface area (Å²) in [5.41, 5.74) is 9.20. The lowest BCUT2D eigenvalue weighted by Crippen LogP contribution is -2.20. The van der Waals surface area contributed by atoms with Crippen molar-refractivity contribution >= 4 is 23.2 Å². The Morgan fingerprint density at radius 1 is 1.19 bits per heavy atom. The van der Waals surface area contributed by atoms with Crippen molar-refractivity contribution in [2.75, 3.05) is 5.32 Å². The van der Waals surface area contributed by atoms with Crippen LogP contribution < -0.4 is 11.1 Å². The molecule has 0 aliphatic carbocycles. The summed E-state index contributed by atoms with van der Waals surface area (Å²) in [7, 11) is 0. The first kappa shape index (κ1) is 14.0. The van der Waals surface area contributed by atoms with Crippen LogP contribution in [0, 0.1) is 5.82 Å². The van der Waals surface area contributed by atoms with Crippen LogP contribution in [0.2, 0.25) is 5.02 Å². The van der Waals surface area contributed by atoms with E-state index in [0.29, 0.717) is 23.4 Å². The number of nitrogens with two attached hydrogens (primary N) is 1. The van der Waals surface area contributed by atoms with Gasteiger partial charge in [0.05, 0.1) is 6.04 Å². The fourth-order valence-electron chi connectivity index (χ4n) is 2.53. The third-order valence-electron chi connectivity index (χ3n) is 3.68. The van der Waals surface area contributed by atoms with E-state index in [0.717, 1.165) is 16.8 Å². The van der Waals surface area contributed by atoms with E-state index in [1.54, 1.807) is 12.1 Å². The summed E-state index contributed by atoms with van der Waals surface area (Å²) in [6.07, 6.45) is 1.13. The van der Waals surface area contributed by atoms with Gasteiger partial charge in [0.1, 0.15) is 5.82 Å². The minimum atomic E-state index is -0.565. The van der Waals surface area contributed by atoms with E-state index in [9.17, 15) is 9.18 Å². The monoisotopic (exact) mass is 304 g/mol. The van der Waals surface area contributed by atoms with Crippen LogP contribution >= 0.6 is 11.6 Å². The van der Waals surface area contributed by atoms with E-state index in [1.807, 2.05) is 18.2 Å². The largest absolute Gasteiger partial charge is 0.326 e. The summed E-state index contributed by atoms with van der Waals surface area (Å²) in [6, 6.07) is 9.47. The first-order valence-corrected chi connectivity index (χ1v) is 7.05. The second-order valence-corrected chi connectivity index (χ2v) is 5.54. The van der Waals surface area contributed by atoms with Crippen LogP contribution in [0.25, 0.3) is 0 Å². The van der Waals surface area contributed by atoms with Gasteiger partial charge in [-0.3, -0.25) is 4.79 Å². The molecule has 108 valence electrons. The predicted molar refractivity (Wildman–Crippen MR) is 80.8 cm³/mol. The Bertz CT molecular complexity index is 717. The Balaban J connectivity index is 1.95. The van der Waals surface area contributed by atoms with E-state index < -0.39 is 11.9 Å². The molecule has 2 aromatic carbocycles. The number of hydrogen-bond donors (Lipinski definition) is 2. The molecular formula is C16H14ClFN2O. The van der Waals surface area contributed by atoms with Gasteiger partial charge in [0.15, 0.2) is 0 Å². The number of rotatable bonds is 2. The Morgan fingerprint density at radius 3 is 2.76 bits per heavy atom. The Labute approximate surface area is 126 Å². The highest BCUT2D eigenvalue weighted by Crippen LogP contribution is 2.29. The minimum absolute atomic E-state index is 0.0169. The second-order valence-electron chi connectivity index (χ2n) is 5.11. The summed E-state index contributed by atoms with van der Waals surface area (Å²) in [5.74, 6) is -0.399. The van der Waals surface area contributed by atoms with Crippen LogP contribution in [0.5, 0.6) is 0 Å². The summed E-state index contributed by atoms with van der Waals surface area (Å²) in [5, 5.41) is 3.16. The molecule has 2 aromatic rings. The Hall–Kier alpha value is -1.91. The van der Waals surface area contributed by atoms with Gasteiger partial charge in [-0.05, 0) is 35.7 Å². The number of aryl methyl sites for hydroxylation is 1. The van der Waals surface area contributed by atoms with Gasteiger partial charge in [0, 0.05) is 22.7 Å². The van der Waals surface area contributed by atoms with Crippen molar-refractivity contribution in [2.45, 2.75) is 18.9 Å². The fourth-order valence-corrected chi connectivity index (χ4v) is 2.69. The van der Waals surface area contributed by atoms with Crippen LogP contribution in [0.1, 0.15) is 29.2 Å². The Morgan fingerprint density at radius 2 is 2.00 bits per heavy atom. The molecule has 0 bridgehead atoms. The van der Waals surface area contributed by atoms with Gasteiger partial charge in [-0.1, -0.05) is 29.8 Å². The minimum Gasteiger partial charge on any atom is -0.326 e. The van der Waals surface area contributed by atoms with E-state index >= 15 is 0 Å². The van der Waals surface area contributed by atoms with Crippen molar-refractivity contribution in [1.29, 1.82) is 0 Å². The van der Waals surface area contributed by atoms with Gasteiger partial charge in [-0.2, -0.15) is 0 Å². The molecule has 3 nitrogen and oxygen atoms in total. The average Bonchev–Trinajstić information content (AvgIpc) is 2.46. The topological polar surface area (TPSA) is 55.1 Å². The number of anilines is 1. The lowest BCUT2D eigenvalue weighted by Gasteiger charge is -2.20. The number of nitrogens with one attached hydrogen (secondary N) is 1. The van der Waals surface area contributed by atoms with Crippen molar-refractivity contribution in [3.05, 3.63) is 63.9 Å². The lowest BCUT2D eigenvalue weighted by molar-refractivity contribution is -0.116. The molecule has 0 saturated heterocycles. The van der Waals surface area contributed by atoms with Gasteiger partial charge in [0.2, 0.25) is 5.91 Å². The molecule has 3 rings (SSSR count). The fraction of sp³-hybridized carbons (Fsp3) is 0.188. The van der Waals surface area contributed by atoms with E-state index in [-0.39, 0.29) is 5.91 Å². The van der Waals surface area contributed by atoms with Gasteiger partial charge < -0.3 is 11.1 Å². The zero-order valence-electron chi connectivity index (χ0n) is 11.2. The number of amides is 1. The second kappa shape index (κ2) is 5.47. The molecule has 5 heteroatoms. The predicted octanol–water partition coefficient (Wildman–Crippen LogP) is 3.41. The summed E-state index contributed by atoms with van der Waals surface area (Å²) in [6.45, 7) is 0. The molecule has 1 heterocycles. The highest BCUT2D eigenvalue weighted by Gasteiger charge is 2.18. The summed E-state index contributed by atoms with van der Waals surface area (Å²) >= 11 is 5.76. The number of carbonyl (C=O) groups is 1. The number of halogens is 2. The lowest BCUT2D eigenvalue weighted by atomic mass is 9.94. The van der Waals surface area contributed by atoms with Crippen molar-refractivity contribution in [1.82, 2.24) is 0 Å². The highest BCUT2D eigenvalue weighted by atomic mass is 35.5. The zero-order chi connectivity index (χ0) is 15.0. The molecule has 1 unspecified atom stereocenters. The normalized spacial score (nSPS) is 15.3. The van der Waals surface area contributed by atoms with Crippen molar-refractivity contribution in [3.8, 4) is 0 Å². The molecule has 1 aliphatic heterocycles. The number of hydrogen-bond acceptors (Lipinski definition) is 2. The molecule has 1 aliphatic rings. The highest BCUT2D eigenvalue weighted by molar-refractivity contribution is 6.30. The maximum Gasteiger partial charge on any atom is 0.224 e. The molecule has 21 heavy (non-hydrogen) atoms. The van der Waals surface area contributed by atoms with Gasteiger partial charge in [-0.25, -0.2) is 4.39 Å². The van der Waals surface area contributed by atoms with Crippen molar-refractivity contribution in [3.63, 3.8) is 0 Å². The molecule has 1 atom stereocenters. The maximum atomic E-state index is 14.0. The quantitative estimate of drug-likeness (QED) is 0.893. The molecule has 0 radical (unpaired) electrons. The SMILES string of the molecule is NC(c1ccc2c(c1)CCC(=O)N2)c1ccc(Cl)cc1F. The van der Waals surface area contributed by atoms with E-state index in [4.69, 9.17) is 17.3 Å².